The maximum absolute atomic E-state index is 12.0. The minimum Gasteiger partial charge on any atom is -0.452 e. The van der Waals surface area contributed by atoms with E-state index >= 15 is 0 Å². The fraction of sp³-hybridized carbons (Fsp3) is 0.211. The van der Waals surface area contributed by atoms with Crippen LogP contribution in [0.5, 0.6) is 0 Å². The fourth-order valence-corrected chi connectivity index (χ4v) is 4.10. The van der Waals surface area contributed by atoms with Crippen molar-refractivity contribution in [3.8, 4) is 0 Å². The standard InChI is InChI=1S/C19H18N2O3S2/c1-13(18(23)20-11-14-7-3-2-4-8-14)24-17(22)12-25-19-21-15-9-5-6-10-16(15)26-19/h2-10,13H,11-12H2,1H3,(H,20,23)/t13-/m1/s1. The molecular weight excluding hydrogens is 368 g/mol. The molecule has 0 aliphatic rings. The Bertz CT molecular complexity index is 863. The Labute approximate surface area is 159 Å². The van der Waals surface area contributed by atoms with Gasteiger partial charge in [0, 0.05) is 6.54 Å². The maximum Gasteiger partial charge on any atom is 0.317 e. The Morgan fingerprint density at radius 3 is 2.65 bits per heavy atom. The van der Waals surface area contributed by atoms with E-state index in [4.69, 9.17) is 4.74 Å². The van der Waals surface area contributed by atoms with Gasteiger partial charge in [0.05, 0.1) is 16.0 Å². The zero-order valence-electron chi connectivity index (χ0n) is 14.2. The molecule has 0 spiro atoms. The van der Waals surface area contributed by atoms with Crippen LogP contribution >= 0.6 is 23.1 Å². The molecule has 3 aromatic rings. The van der Waals surface area contributed by atoms with Crippen LogP contribution in [-0.2, 0) is 20.9 Å². The van der Waals surface area contributed by atoms with Gasteiger partial charge in [0.1, 0.15) is 0 Å². The lowest BCUT2D eigenvalue weighted by Crippen LogP contribution is -2.35. The van der Waals surface area contributed by atoms with E-state index in [0.29, 0.717) is 6.54 Å². The summed E-state index contributed by atoms with van der Waals surface area (Å²) >= 11 is 2.85. The Balaban J connectivity index is 1.44. The summed E-state index contributed by atoms with van der Waals surface area (Å²) in [6.45, 7) is 1.97. The molecule has 0 saturated carbocycles. The van der Waals surface area contributed by atoms with Gasteiger partial charge in [0.25, 0.3) is 5.91 Å². The van der Waals surface area contributed by atoms with Crippen molar-refractivity contribution in [3.05, 3.63) is 60.2 Å². The summed E-state index contributed by atoms with van der Waals surface area (Å²) < 4.78 is 7.09. The molecule has 1 atom stereocenters. The third-order valence-corrected chi connectivity index (χ3v) is 5.73. The van der Waals surface area contributed by atoms with Crippen LogP contribution in [0.2, 0.25) is 0 Å². The van der Waals surface area contributed by atoms with Crippen molar-refractivity contribution >= 4 is 45.2 Å². The number of amides is 1. The number of aromatic nitrogens is 1. The van der Waals surface area contributed by atoms with Gasteiger partial charge in [-0.1, -0.05) is 54.2 Å². The highest BCUT2D eigenvalue weighted by molar-refractivity contribution is 8.01. The molecule has 134 valence electrons. The fourth-order valence-electron chi connectivity index (χ4n) is 2.25. The van der Waals surface area contributed by atoms with Crippen LogP contribution in [0.4, 0.5) is 0 Å². The van der Waals surface area contributed by atoms with E-state index in [2.05, 4.69) is 10.3 Å². The van der Waals surface area contributed by atoms with E-state index in [1.807, 2.05) is 54.6 Å². The van der Waals surface area contributed by atoms with Gasteiger partial charge in [-0.25, -0.2) is 4.98 Å². The summed E-state index contributed by atoms with van der Waals surface area (Å²) in [6.07, 6.45) is -0.831. The monoisotopic (exact) mass is 386 g/mol. The van der Waals surface area contributed by atoms with Gasteiger partial charge in [0.2, 0.25) is 0 Å². The molecule has 1 amide bonds. The number of fused-ring (bicyclic) bond motifs is 1. The van der Waals surface area contributed by atoms with Gasteiger partial charge in [-0.05, 0) is 24.6 Å². The van der Waals surface area contributed by atoms with E-state index in [9.17, 15) is 9.59 Å². The molecule has 2 aromatic carbocycles. The smallest absolute Gasteiger partial charge is 0.317 e. The molecule has 7 heteroatoms. The summed E-state index contributed by atoms with van der Waals surface area (Å²) in [5.74, 6) is -0.625. The van der Waals surface area contributed by atoms with Gasteiger partial charge < -0.3 is 10.1 Å². The van der Waals surface area contributed by atoms with Gasteiger partial charge in [-0.15, -0.1) is 11.3 Å². The number of carbonyl (C=O) groups is 2. The van der Waals surface area contributed by atoms with Crippen molar-refractivity contribution in [2.45, 2.75) is 23.9 Å². The number of carbonyl (C=O) groups excluding carboxylic acids is 2. The molecule has 1 N–H and O–H groups in total. The van der Waals surface area contributed by atoms with Crippen molar-refractivity contribution in [3.63, 3.8) is 0 Å². The van der Waals surface area contributed by atoms with Crippen molar-refractivity contribution in [1.82, 2.24) is 10.3 Å². The number of ether oxygens (including phenoxy) is 1. The minimum atomic E-state index is -0.831. The highest BCUT2D eigenvalue weighted by atomic mass is 32.2. The number of rotatable bonds is 7. The van der Waals surface area contributed by atoms with Crippen LogP contribution in [0, 0.1) is 0 Å². The molecule has 5 nitrogen and oxygen atoms in total. The Morgan fingerprint density at radius 2 is 1.88 bits per heavy atom. The molecule has 0 bridgehead atoms. The third kappa shape index (κ3) is 5.06. The van der Waals surface area contributed by atoms with Gasteiger partial charge in [-0.2, -0.15) is 0 Å². The van der Waals surface area contributed by atoms with E-state index in [1.54, 1.807) is 6.92 Å². The first-order valence-electron chi connectivity index (χ1n) is 8.11. The molecule has 0 aliphatic heterocycles. The van der Waals surface area contributed by atoms with Crippen LogP contribution in [0.15, 0.2) is 58.9 Å². The van der Waals surface area contributed by atoms with Gasteiger partial charge in [-0.3, -0.25) is 9.59 Å². The first kappa shape index (κ1) is 18.4. The molecule has 1 heterocycles. The number of para-hydroxylation sites is 1. The number of hydrogen-bond donors (Lipinski definition) is 1. The molecule has 0 aliphatic carbocycles. The highest BCUT2D eigenvalue weighted by Gasteiger charge is 2.18. The minimum absolute atomic E-state index is 0.121. The number of nitrogens with zero attached hydrogens (tertiary/aromatic N) is 1. The summed E-state index contributed by atoms with van der Waals surface area (Å²) in [5.41, 5.74) is 1.91. The number of benzene rings is 2. The summed E-state index contributed by atoms with van der Waals surface area (Å²) in [5, 5.41) is 2.76. The van der Waals surface area contributed by atoms with Gasteiger partial charge in [0.15, 0.2) is 10.4 Å². The molecule has 1 aromatic heterocycles. The van der Waals surface area contributed by atoms with Crippen molar-refractivity contribution < 1.29 is 14.3 Å². The second kappa shape index (κ2) is 8.82. The van der Waals surface area contributed by atoms with E-state index in [1.165, 1.54) is 23.1 Å². The Kier molecular flexibility index (Phi) is 6.25. The molecular formula is C19H18N2O3S2. The number of esters is 1. The third-order valence-electron chi connectivity index (χ3n) is 3.57. The Morgan fingerprint density at radius 1 is 1.15 bits per heavy atom. The number of thioether (sulfide) groups is 1. The topological polar surface area (TPSA) is 68.3 Å². The highest BCUT2D eigenvalue weighted by Crippen LogP contribution is 2.29. The van der Waals surface area contributed by atoms with Crippen LogP contribution < -0.4 is 5.32 Å². The average molecular weight is 386 g/mol. The van der Waals surface area contributed by atoms with Crippen molar-refractivity contribution in [2.24, 2.45) is 0 Å². The summed E-state index contributed by atoms with van der Waals surface area (Å²) in [7, 11) is 0. The zero-order valence-corrected chi connectivity index (χ0v) is 15.8. The van der Waals surface area contributed by atoms with E-state index in [0.717, 1.165) is 20.1 Å². The Hall–Kier alpha value is -2.38. The van der Waals surface area contributed by atoms with Crippen molar-refractivity contribution in [1.29, 1.82) is 0 Å². The van der Waals surface area contributed by atoms with Crippen LogP contribution in [0.1, 0.15) is 12.5 Å². The quantitative estimate of drug-likeness (QED) is 0.496. The maximum atomic E-state index is 12.0. The lowest BCUT2D eigenvalue weighted by molar-refractivity contribution is -0.152. The summed E-state index contributed by atoms with van der Waals surface area (Å²) in [4.78, 5) is 28.5. The first-order chi connectivity index (χ1) is 12.6. The predicted molar refractivity (Wildman–Crippen MR) is 104 cm³/mol. The van der Waals surface area contributed by atoms with Crippen LogP contribution in [0.3, 0.4) is 0 Å². The molecule has 0 radical (unpaired) electrons. The first-order valence-corrected chi connectivity index (χ1v) is 9.91. The molecule has 0 unspecified atom stereocenters. The molecule has 26 heavy (non-hydrogen) atoms. The average Bonchev–Trinajstić information content (AvgIpc) is 3.08. The van der Waals surface area contributed by atoms with E-state index in [-0.39, 0.29) is 11.7 Å². The predicted octanol–water partition coefficient (Wildman–Crippen LogP) is 3.64. The van der Waals surface area contributed by atoms with Gasteiger partial charge >= 0.3 is 5.97 Å². The molecule has 3 rings (SSSR count). The number of hydrogen-bond acceptors (Lipinski definition) is 6. The normalized spacial score (nSPS) is 11.9. The van der Waals surface area contributed by atoms with Crippen LogP contribution in [-0.4, -0.2) is 28.7 Å². The lowest BCUT2D eigenvalue weighted by atomic mass is 10.2. The summed E-state index contributed by atoms with van der Waals surface area (Å²) in [6, 6.07) is 17.4. The largest absolute Gasteiger partial charge is 0.452 e. The number of thiazole rings is 1. The van der Waals surface area contributed by atoms with E-state index < -0.39 is 12.1 Å². The SMILES string of the molecule is C[C@@H](OC(=O)CSc1nc2ccccc2s1)C(=O)NCc1ccccc1. The van der Waals surface area contributed by atoms with Crippen molar-refractivity contribution in [2.75, 3.05) is 5.75 Å². The lowest BCUT2D eigenvalue weighted by Gasteiger charge is -2.13. The molecule has 0 saturated heterocycles. The van der Waals surface area contributed by atoms with Crippen LogP contribution in [0.25, 0.3) is 10.2 Å². The second-order valence-corrected chi connectivity index (χ2v) is 7.82. The number of nitrogens with one attached hydrogen (secondary N) is 1. The second-order valence-electron chi connectivity index (χ2n) is 5.57. The molecule has 0 fully saturated rings. The zero-order chi connectivity index (χ0) is 18.4.